The minimum absolute atomic E-state index is 0.0921. The third-order valence-electron chi connectivity index (χ3n) is 4.93. The molecule has 23 heavy (non-hydrogen) atoms. The van der Waals surface area contributed by atoms with E-state index >= 15 is 0 Å². The number of hydrogen-bond acceptors (Lipinski definition) is 3. The number of thioether (sulfide) groups is 1. The van der Waals surface area contributed by atoms with Gasteiger partial charge in [-0.2, -0.15) is 11.8 Å². The SMILES string of the molecule is O=C(NC1CCCCC1)c1ccc(CSC2CCNCC2)cc1. The van der Waals surface area contributed by atoms with Crippen molar-refractivity contribution in [1.29, 1.82) is 0 Å². The zero-order chi connectivity index (χ0) is 15.9. The quantitative estimate of drug-likeness (QED) is 0.863. The van der Waals surface area contributed by atoms with Crippen LogP contribution in [-0.4, -0.2) is 30.3 Å². The van der Waals surface area contributed by atoms with Gasteiger partial charge in [0, 0.05) is 22.6 Å². The van der Waals surface area contributed by atoms with E-state index in [1.165, 1.54) is 37.7 Å². The topological polar surface area (TPSA) is 41.1 Å². The van der Waals surface area contributed by atoms with Crippen LogP contribution in [0, 0.1) is 0 Å². The van der Waals surface area contributed by atoms with E-state index in [1.807, 2.05) is 12.1 Å². The van der Waals surface area contributed by atoms with Gasteiger partial charge in [-0.05, 0) is 56.5 Å². The van der Waals surface area contributed by atoms with Crippen molar-refractivity contribution in [1.82, 2.24) is 10.6 Å². The summed E-state index contributed by atoms with van der Waals surface area (Å²) in [4.78, 5) is 12.3. The Hall–Kier alpha value is -1.00. The maximum Gasteiger partial charge on any atom is 0.251 e. The monoisotopic (exact) mass is 332 g/mol. The number of benzene rings is 1. The minimum Gasteiger partial charge on any atom is -0.349 e. The molecule has 0 atom stereocenters. The molecule has 2 aliphatic rings. The number of amides is 1. The standard InChI is InChI=1S/C19H28N2OS/c22-19(21-17-4-2-1-3-5-17)16-8-6-15(7-9-16)14-23-18-10-12-20-13-11-18/h6-9,17-18,20H,1-5,10-14H2,(H,21,22). The second-order valence-electron chi connectivity index (χ2n) is 6.77. The van der Waals surface area contributed by atoms with Crippen molar-refractivity contribution in [3.8, 4) is 0 Å². The van der Waals surface area contributed by atoms with Crippen molar-refractivity contribution in [3.05, 3.63) is 35.4 Å². The summed E-state index contributed by atoms with van der Waals surface area (Å²) in [5.41, 5.74) is 2.12. The maximum atomic E-state index is 12.3. The second-order valence-corrected chi connectivity index (χ2v) is 8.05. The van der Waals surface area contributed by atoms with Crippen molar-refractivity contribution in [2.45, 2.75) is 62.0 Å². The van der Waals surface area contributed by atoms with Crippen molar-refractivity contribution >= 4 is 17.7 Å². The number of nitrogens with one attached hydrogen (secondary N) is 2. The number of carbonyl (C=O) groups is 1. The molecule has 0 radical (unpaired) electrons. The molecule has 0 unspecified atom stereocenters. The van der Waals surface area contributed by atoms with Crippen LogP contribution in [0.5, 0.6) is 0 Å². The fourth-order valence-electron chi connectivity index (χ4n) is 3.44. The van der Waals surface area contributed by atoms with E-state index < -0.39 is 0 Å². The van der Waals surface area contributed by atoms with Gasteiger partial charge in [0.1, 0.15) is 0 Å². The average Bonchev–Trinajstić information content (AvgIpc) is 2.62. The Kier molecular flexibility index (Phi) is 6.40. The molecule has 0 spiro atoms. The van der Waals surface area contributed by atoms with Crippen molar-refractivity contribution < 1.29 is 4.79 Å². The van der Waals surface area contributed by atoms with Crippen molar-refractivity contribution in [2.75, 3.05) is 13.1 Å². The van der Waals surface area contributed by atoms with Crippen LogP contribution >= 0.6 is 11.8 Å². The van der Waals surface area contributed by atoms with Gasteiger partial charge in [0.25, 0.3) is 5.91 Å². The highest BCUT2D eigenvalue weighted by molar-refractivity contribution is 7.99. The van der Waals surface area contributed by atoms with Gasteiger partial charge in [0.2, 0.25) is 0 Å². The molecule has 126 valence electrons. The highest BCUT2D eigenvalue weighted by atomic mass is 32.2. The van der Waals surface area contributed by atoms with Crippen LogP contribution in [0.15, 0.2) is 24.3 Å². The summed E-state index contributed by atoms with van der Waals surface area (Å²) in [7, 11) is 0. The molecule has 0 bridgehead atoms. The first kappa shape index (κ1) is 16.8. The van der Waals surface area contributed by atoms with Gasteiger partial charge in [0.05, 0.1) is 0 Å². The molecule has 1 aliphatic heterocycles. The van der Waals surface area contributed by atoms with Gasteiger partial charge in [0.15, 0.2) is 0 Å². The second kappa shape index (κ2) is 8.74. The number of hydrogen-bond donors (Lipinski definition) is 2. The van der Waals surface area contributed by atoms with Crippen LogP contribution in [0.25, 0.3) is 0 Å². The molecule has 3 rings (SSSR count). The molecular formula is C19H28N2OS. The molecule has 1 aromatic carbocycles. The van der Waals surface area contributed by atoms with E-state index in [-0.39, 0.29) is 5.91 Å². The van der Waals surface area contributed by atoms with Gasteiger partial charge in [-0.1, -0.05) is 31.4 Å². The van der Waals surface area contributed by atoms with Gasteiger partial charge in [-0.3, -0.25) is 4.79 Å². The zero-order valence-corrected chi connectivity index (χ0v) is 14.7. The Balaban J connectivity index is 1.46. The molecule has 1 aromatic rings. The molecule has 4 heteroatoms. The third-order valence-corrected chi connectivity index (χ3v) is 6.37. The van der Waals surface area contributed by atoms with Crippen LogP contribution in [0.4, 0.5) is 0 Å². The molecule has 0 aromatic heterocycles. The summed E-state index contributed by atoms with van der Waals surface area (Å²) < 4.78 is 0. The Morgan fingerprint density at radius 1 is 1.04 bits per heavy atom. The molecule has 1 aliphatic carbocycles. The predicted octanol–water partition coefficient (Wildman–Crippen LogP) is 3.73. The molecule has 1 amide bonds. The lowest BCUT2D eigenvalue weighted by atomic mass is 9.95. The van der Waals surface area contributed by atoms with Gasteiger partial charge in [-0.15, -0.1) is 0 Å². The Morgan fingerprint density at radius 2 is 1.74 bits per heavy atom. The molecule has 1 saturated heterocycles. The minimum atomic E-state index is 0.0921. The van der Waals surface area contributed by atoms with Crippen LogP contribution in [0.2, 0.25) is 0 Å². The van der Waals surface area contributed by atoms with Crippen LogP contribution in [0.3, 0.4) is 0 Å². The number of carbonyl (C=O) groups excluding carboxylic acids is 1. The highest BCUT2D eigenvalue weighted by Crippen LogP contribution is 2.24. The van der Waals surface area contributed by atoms with Gasteiger partial charge >= 0.3 is 0 Å². The summed E-state index contributed by atoms with van der Waals surface area (Å²) in [5, 5.41) is 7.38. The van der Waals surface area contributed by atoms with Crippen LogP contribution < -0.4 is 10.6 Å². The first-order valence-electron chi connectivity index (χ1n) is 9.03. The zero-order valence-electron chi connectivity index (χ0n) is 13.9. The van der Waals surface area contributed by atoms with Crippen LogP contribution in [0.1, 0.15) is 60.9 Å². The van der Waals surface area contributed by atoms with E-state index in [4.69, 9.17) is 0 Å². The average molecular weight is 333 g/mol. The lowest BCUT2D eigenvalue weighted by molar-refractivity contribution is 0.0927. The fraction of sp³-hybridized carbons (Fsp3) is 0.632. The van der Waals surface area contributed by atoms with Crippen molar-refractivity contribution in [3.63, 3.8) is 0 Å². The third kappa shape index (κ3) is 5.25. The van der Waals surface area contributed by atoms with E-state index in [2.05, 4.69) is 34.5 Å². The Morgan fingerprint density at radius 3 is 2.43 bits per heavy atom. The largest absolute Gasteiger partial charge is 0.349 e. The maximum absolute atomic E-state index is 12.3. The highest BCUT2D eigenvalue weighted by Gasteiger charge is 2.17. The lowest BCUT2D eigenvalue weighted by Crippen LogP contribution is -2.36. The van der Waals surface area contributed by atoms with E-state index in [0.29, 0.717) is 6.04 Å². The number of rotatable bonds is 5. The summed E-state index contributed by atoms with van der Waals surface area (Å²) in [6.07, 6.45) is 8.62. The summed E-state index contributed by atoms with van der Waals surface area (Å²) in [6.45, 7) is 2.30. The predicted molar refractivity (Wildman–Crippen MR) is 98.0 cm³/mol. The molecule has 1 heterocycles. The van der Waals surface area contributed by atoms with Gasteiger partial charge in [-0.25, -0.2) is 0 Å². The Labute approximate surface area is 144 Å². The van der Waals surface area contributed by atoms with Gasteiger partial charge < -0.3 is 10.6 Å². The van der Waals surface area contributed by atoms with E-state index in [9.17, 15) is 4.79 Å². The smallest absolute Gasteiger partial charge is 0.251 e. The van der Waals surface area contributed by atoms with Crippen LogP contribution in [-0.2, 0) is 5.75 Å². The van der Waals surface area contributed by atoms with E-state index in [0.717, 1.165) is 42.5 Å². The molecule has 2 N–H and O–H groups in total. The number of piperidine rings is 1. The molecule has 2 fully saturated rings. The molecular weight excluding hydrogens is 304 g/mol. The summed E-state index contributed by atoms with van der Waals surface area (Å²) in [6, 6.07) is 8.58. The summed E-state index contributed by atoms with van der Waals surface area (Å²) >= 11 is 2.05. The van der Waals surface area contributed by atoms with Crippen molar-refractivity contribution in [2.24, 2.45) is 0 Å². The normalized spacial score (nSPS) is 20.3. The fourth-order valence-corrected chi connectivity index (χ4v) is 4.63. The lowest BCUT2D eigenvalue weighted by Gasteiger charge is -2.23. The molecule has 3 nitrogen and oxygen atoms in total. The van der Waals surface area contributed by atoms with E-state index in [1.54, 1.807) is 0 Å². The molecule has 1 saturated carbocycles. The first-order valence-corrected chi connectivity index (χ1v) is 10.1. The Bertz CT molecular complexity index is 491. The first-order chi connectivity index (χ1) is 11.3. The summed E-state index contributed by atoms with van der Waals surface area (Å²) in [5.74, 6) is 1.14.